The van der Waals surface area contributed by atoms with Gasteiger partial charge in [0.1, 0.15) is 11.5 Å². The fourth-order valence-electron chi connectivity index (χ4n) is 4.32. The predicted octanol–water partition coefficient (Wildman–Crippen LogP) is 6.32. The highest BCUT2D eigenvalue weighted by Crippen LogP contribution is 2.30. The van der Waals surface area contributed by atoms with Gasteiger partial charge in [-0.25, -0.2) is 0 Å². The molecule has 1 saturated carbocycles. The van der Waals surface area contributed by atoms with Crippen LogP contribution in [0.2, 0.25) is 0 Å². The van der Waals surface area contributed by atoms with Crippen LogP contribution in [0, 0.1) is 0 Å². The number of benzene rings is 2. The van der Waals surface area contributed by atoms with E-state index in [1.807, 2.05) is 66.4 Å². The van der Waals surface area contributed by atoms with Crippen LogP contribution in [0.4, 0.5) is 5.69 Å². The van der Waals surface area contributed by atoms with Gasteiger partial charge >= 0.3 is 0 Å². The van der Waals surface area contributed by atoms with Crippen LogP contribution in [0.3, 0.4) is 0 Å². The maximum Gasteiger partial charge on any atom is 0.226 e. The van der Waals surface area contributed by atoms with Crippen molar-refractivity contribution in [2.75, 3.05) is 17.6 Å². The van der Waals surface area contributed by atoms with Crippen molar-refractivity contribution in [1.29, 1.82) is 0 Å². The van der Waals surface area contributed by atoms with Gasteiger partial charge in [0.15, 0.2) is 5.17 Å². The molecule has 1 amide bonds. The molecule has 2 fully saturated rings. The molecule has 0 aromatic heterocycles. The molecule has 4 rings (SSSR count). The number of hydrogen-bond donors (Lipinski definition) is 1. The standard InChI is InChI=1S/C26H33N3O2S/c1-2-17-29-22(19-32-26(29)28-20-9-5-3-6-10-20)18-25(30)27-21-13-15-24(16-14-21)31-23-11-7-4-8-12-23/h4,7-8,11-16,20,22H,2-3,5-6,9-10,17-19H2,1H3,(H,27,30). The Bertz CT molecular complexity index is 895. The number of aliphatic imine (C=N–C) groups is 1. The Hall–Kier alpha value is -2.47. The van der Waals surface area contributed by atoms with Crippen molar-refractivity contribution in [2.24, 2.45) is 4.99 Å². The third kappa shape index (κ3) is 6.28. The third-order valence-electron chi connectivity index (χ3n) is 5.96. The number of carbonyl (C=O) groups excluding carboxylic acids is 1. The topological polar surface area (TPSA) is 53.9 Å². The molecule has 170 valence electrons. The molecule has 2 aromatic rings. The van der Waals surface area contributed by atoms with Gasteiger partial charge in [-0.1, -0.05) is 56.1 Å². The van der Waals surface area contributed by atoms with Crippen molar-refractivity contribution in [3.63, 3.8) is 0 Å². The first-order valence-corrected chi connectivity index (χ1v) is 12.8. The maximum atomic E-state index is 12.8. The van der Waals surface area contributed by atoms with E-state index in [1.165, 1.54) is 32.1 Å². The summed E-state index contributed by atoms with van der Waals surface area (Å²) in [4.78, 5) is 20.2. The molecule has 0 radical (unpaired) electrons. The van der Waals surface area contributed by atoms with Crippen molar-refractivity contribution in [3.8, 4) is 11.5 Å². The van der Waals surface area contributed by atoms with Crippen molar-refractivity contribution in [2.45, 2.75) is 64.0 Å². The molecule has 1 saturated heterocycles. The van der Waals surface area contributed by atoms with E-state index in [1.54, 1.807) is 0 Å². The minimum atomic E-state index is 0.0485. The molecular formula is C26H33N3O2S. The van der Waals surface area contributed by atoms with E-state index >= 15 is 0 Å². The summed E-state index contributed by atoms with van der Waals surface area (Å²) in [6.45, 7) is 3.15. The number of rotatable bonds is 8. The molecule has 1 aliphatic carbocycles. The van der Waals surface area contributed by atoms with E-state index in [0.29, 0.717) is 12.5 Å². The first kappa shape index (κ1) is 22.7. The number of thioether (sulfide) groups is 1. The lowest BCUT2D eigenvalue weighted by Crippen LogP contribution is -2.37. The number of nitrogens with zero attached hydrogens (tertiary/aromatic N) is 2. The fraction of sp³-hybridized carbons (Fsp3) is 0.462. The van der Waals surface area contributed by atoms with Gasteiger partial charge in [-0.3, -0.25) is 9.79 Å². The molecule has 6 heteroatoms. The number of amidine groups is 1. The van der Waals surface area contributed by atoms with E-state index in [-0.39, 0.29) is 11.9 Å². The van der Waals surface area contributed by atoms with Gasteiger partial charge < -0.3 is 15.0 Å². The van der Waals surface area contributed by atoms with Gasteiger partial charge in [0, 0.05) is 30.4 Å². The molecule has 1 aliphatic heterocycles. The van der Waals surface area contributed by atoms with Crippen LogP contribution in [-0.2, 0) is 4.79 Å². The monoisotopic (exact) mass is 451 g/mol. The molecule has 0 bridgehead atoms. The molecule has 2 aromatic carbocycles. The highest BCUT2D eigenvalue weighted by atomic mass is 32.2. The third-order valence-corrected chi connectivity index (χ3v) is 7.11. The molecular weight excluding hydrogens is 418 g/mol. The Kier molecular flexibility index (Phi) is 8.10. The first-order chi connectivity index (χ1) is 15.7. The fourth-order valence-corrected chi connectivity index (χ4v) is 5.59. The second-order valence-electron chi connectivity index (χ2n) is 8.55. The van der Waals surface area contributed by atoms with Crippen molar-refractivity contribution >= 4 is 28.5 Å². The minimum Gasteiger partial charge on any atom is -0.457 e. The number of carbonyl (C=O) groups is 1. The Morgan fingerprint density at radius 3 is 2.50 bits per heavy atom. The molecule has 0 spiro atoms. The number of hydrogen-bond acceptors (Lipinski definition) is 4. The van der Waals surface area contributed by atoms with Gasteiger partial charge in [0.2, 0.25) is 5.91 Å². The molecule has 1 heterocycles. The minimum absolute atomic E-state index is 0.0485. The summed E-state index contributed by atoms with van der Waals surface area (Å²) in [6.07, 6.45) is 7.89. The Balaban J connectivity index is 1.32. The Labute approximate surface area is 195 Å². The van der Waals surface area contributed by atoms with Crippen LogP contribution in [0.25, 0.3) is 0 Å². The second kappa shape index (κ2) is 11.4. The lowest BCUT2D eigenvalue weighted by atomic mass is 9.96. The zero-order valence-corrected chi connectivity index (χ0v) is 19.7. The van der Waals surface area contributed by atoms with Gasteiger partial charge in [-0.05, 0) is 55.7 Å². The zero-order valence-electron chi connectivity index (χ0n) is 18.8. The molecule has 1 unspecified atom stereocenters. The lowest BCUT2D eigenvalue weighted by Gasteiger charge is -2.27. The van der Waals surface area contributed by atoms with E-state index < -0.39 is 0 Å². The van der Waals surface area contributed by atoms with Gasteiger partial charge in [-0.2, -0.15) is 0 Å². The quantitative estimate of drug-likeness (QED) is 0.510. The summed E-state index contributed by atoms with van der Waals surface area (Å²) < 4.78 is 5.83. The van der Waals surface area contributed by atoms with Crippen molar-refractivity contribution in [1.82, 2.24) is 4.90 Å². The first-order valence-electron chi connectivity index (χ1n) is 11.8. The van der Waals surface area contributed by atoms with E-state index in [0.717, 1.165) is 41.1 Å². The summed E-state index contributed by atoms with van der Waals surface area (Å²) in [5, 5.41) is 4.20. The highest BCUT2D eigenvalue weighted by molar-refractivity contribution is 8.14. The van der Waals surface area contributed by atoms with Crippen molar-refractivity contribution in [3.05, 3.63) is 54.6 Å². The van der Waals surface area contributed by atoms with Crippen LogP contribution in [0.5, 0.6) is 11.5 Å². The van der Waals surface area contributed by atoms with Gasteiger partial charge in [-0.15, -0.1) is 0 Å². The normalized spacial score (nSPS) is 20.5. The van der Waals surface area contributed by atoms with Crippen LogP contribution >= 0.6 is 11.8 Å². The van der Waals surface area contributed by atoms with E-state index in [4.69, 9.17) is 9.73 Å². The number of amides is 1. The van der Waals surface area contributed by atoms with Crippen LogP contribution < -0.4 is 10.1 Å². The van der Waals surface area contributed by atoms with Gasteiger partial charge in [0.25, 0.3) is 0 Å². The van der Waals surface area contributed by atoms with Crippen molar-refractivity contribution < 1.29 is 9.53 Å². The Morgan fingerprint density at radius 1 is 1.06 bits per heavy atom. The maximum absolute atomic E-state index is 12.8. The van der Waals surface area contributed by atoms with Crippen LogP contribution in [0.1, 0.15) is 51.9 Å². The summed E-state index contributed by atoms with van der Waals surface area (Å²) >= 11 is 1.82. The largest absolute Gasteiger partial charge is 0.457 e. The predicted molar refractivity (Wildman–Crippen MR) is 134 cm³/mol. The smallest absolute Gasteiger partial charge is 0.226 e. The van der Waals surface area contributed by atoms with E-state index in [2.05, 4.69) is 17.1 Å². The summed E-state index contributed by atoms with van der Waals surface area (Å²) in [7, 11) is 0. The number of para-hydroxylation sites is 1. The molecule has 5 nitrogen and oxygen atoms in total. The molecule has 1 atom stereocenters. The van der Waals surface area contributed by atoms with Crippen LogP contribution in [0.15, 0.2) is 59.6 Å². The molecule has 1 N–H and O–H groups in total. The highest BCUT2D eigenvalue weighted by Gasteiger charge is 2.32. The van der Waals surface area contributed by atoms with E-state index in [9.17, 15) is 4.79 Å². The number of ether oxygens (including phenoxy) is 1. The van der Waals surface area contributed by atoms with Crippen LogP contribution in [-0.4, -0.2) is 40.4 Å². The summed E-state index contributed by atoms with van der Waals surface area (Å²) in [5.41, 5.74) is 0.791. The summed E-state index contributed by atoms with van der Waals surface area (Å²) in [5.74, 6) is 2.53. The number of anilines is 1. The van der Waals surface area contributed by atoms with Gasteiger partial charge in [0.05, 0.1) is 6.04 Å². The zero-order chi connectivity index (χ0) is 22.2. The summed E-state index contributed by atoms with van der Waals surface area (Å²) in [6, 6.07) is 17.9. The molecule has 32 heavy (non-hydrogen) atoms. The molecule has 2 aliphatic rings. The second-order valence-corrected chi connectivity index (χ2v) is 9.54. The number of nitrogens with one attached hydrogen (secondary N) is 1. The SMILES string of the molecule is CCCN1C(=NC2CCCCC2)SCC1CC(=O)Nc1ccc(Oc2ccccc2)cc1. The average Bonchev–Trinajstić information content (AvgIpc) is 3.17. The average molecular weight is 452 g/mol. The Morgan fingerprint density at radius 2 is 1.78 bits per heavy atom. The lowest BCUT2D eigenvalue weighted by molar-refractivity contribution is -0.116.